The number of nitrogens with two attached hydrogens (primary N) is 2. The molecule has 0 aromatic rings. The van der Waals surface area contributed by atoms with Crippen molar-refractivity contribution in [3.63, 3.8) is 0 Å². The Morgan fingerprint density at radius 1 is 1.25 bits per heavy atom. The summed E-state index contributed by atoms with van der Waals surface area (Å²) in [4.78, 5) is 0. The quantitative estimate of drug-likeness (QED) is 0.624. The topological polar surface area (TPSA) is 52.0 Å². The minimum Gasteiger partial charge on any atom is -0.327 e. The predicted molar refractivity (Wildman–Crippen MR) is 57.0 cm³/mol. The molecule has 1 unspecified atom stereocenters. The van der Waals surface area contributed by atoms with Crippen LogP contribution >= 0.6 is 0 Å². The molecule has 0 aliphatic carbocycles. The molecule has 4 N–H and O–H groups in total. The summed E-state index contributed by atoms with van der Waals surface area (Å²) < 4.78 is 0. The maximum absolute atomic E-state index is 5.73. The van der Waals surface area contributed by atoms with E-state index in [9.17, 15) is 0 Å². The van der Waals surface area contributed by atoms with Gasteiger partial charge in [0.05, 0.1) is 0 Å². The van der Waals surface area contributed by atoms with Gasteiger partial charge in [0.15, 0.2) is 0 Å². The van der Waals surface area contributed by atoms with Gasteiger partial charge in [0.1, 0.15) is 0 Å². The average Bonchev–Trinajstić information content (AvgIpc) is 2.09. The largest absolute Gasteiger partial charge is 0.327 e. The second-order valence-electron chi connectivity index (χ2n) is 2.49. The third-order valence-corrected chi connectivity index (χ3v) is 1.40. The number of hydrogen-bond acceptors (Lipinski definition) is 2. The van der Waals surface area contributed by atoms with E-state index >= 15 is 0 Å². The van der Waals surface area contributed by atoms with Crippen molar-refractivity contribution in [2.24, 2.45) is 11.5 Å². The van der Waals surface area contributed by atoms with Crippen LogP contribution in [0.25, 0.3) is 0 Å². The number of hydrogen-bond donors (Lipinski definition) is 2. The van der Waals surface area contributed by atoms with Crippen LogP contribution in [0.3, 0.4) is 0 Å². The summed E-state index contributed by atoms with van der Waals surface area (Å²) in [7, 11) is 0. The Labute approximate surface area is 77.0 Å². The molecule has 2 heteroatoms. The third kappa shape index (κ3) is 12.3. The van der Waals surface area contributed by atoms with Crippen LogP contribution in [0.15, 0.2) is 12.2 Å². The van der Waals surface area contributed by atoms with Crippen LogP contribution in [-0.4, -0.2) is 12.6 Å². The second kappa shape index (κ2) is 13.3. The van der Waals surface area contributed by atoms with Gasteiger partial charge >= 0.3 is 0 Å². The van der Waals surface area contributed by atoms with Gasteiger partial charge in [0, 0.05) is 12.6 Å². The van der Waals surface area contributed by atoms with E-state index in [2.05, 4.69) is 13.0 Å². The van der Waals surface area contributed by atoms with E-state index in [1.807, 2.05) is 19.9 Å². The summed E-state index contributed by atoms with van der Waals surface area (Å²) in [5.41, 5.74) is 11.0. The zero-order valence-electron chi connectivity index (χ0n) is 8.72. The maximum Gasteiger partial charge on any atom is 0.0106 e. The fraction of sp³-hybridized carbons (Fsp3) is 0.800. The van der Waals surface area contributed by atoms with Gasteiger partial charge in [-0.15, -0.1) is 0 Å². The van der Waals surface area contributed by atoms with Crippen LogP contribution in [-0.2, 0) is 0 Å². The van der Waals surface area contributed by atoms with Gasteiger partial charge < -0.3 is 11.5 Å². The van der Waals surface area contributed by atoms with Crippen molar-refractivity contribution < 1.29 is 0 Å². The third-order valence-electron chi connectivity index (χ3n) is 1.40. The zero-order chi connectivity index (χ0) is 9.82. The maximum atomic E-state index is 5.73. The highest BCUT2D eigenvalue weighted by atomic mass is 14.6. The normalized spacial score (nSPS) is 12.4. The lowest BCUT2D eigenvalue weighted by Crippen LogP contribution is -2.18. The highest BCUT2D eigenvalue weighted by Gasteiger charge is 1.95. The first-order chi connectivity index (χ1) is 5.81. The molecular weight excluding hydrogens is 148 g/mol. The molecule has 0 fully saturated rings. The average molecular weight is 172 g/mol. The second-order valence-corrected chi connectivity index (χ2v) is 2.49. The Kier molecular flexibility index (Phi) is 15.7. The lowest BCUT2D eigenvalue weighted by atomic mass is 10.1. The molecule has 0 rings (SSSR count). The molecule has 1 atom stereocenters. The molecule has 2 nitrogen and oxygen atoms in total. The van der Waals surface area contributed by atoms with Crippen molar-refractivity contribution in [2.75, 3.05) is 6.54 Å². The molecular formula is C10H24N2. The van der Waals surface area contributed by atoms with Crippen molar-refractivity contribution in [3.8, 4) is 0 Å². The molecule has 12 heavy (non-hydrogen) atoms. The van der Waals surface area contributed by atoms with E-state index in [-0.39, 0.29) is 0 Å². The van der Waals surface area contributed by atoms with Crippen molar-refractivity contribution in [1.29, 1.82) is 0 Å². The molecule has 0 aromatic heterocycles. The molecule has 0 spiro atoms. The van der Waals surface area contributed by atoms with Crippen molar-refractivity contribution in [3.05, 3.63) is 12.2 Å². The highest BCUT2D eigenvalue weighted by Crippen LogP contribution is 1.98. The smallest absolute Gasteiger partial charge is 0.0106 e. The highest BCUT2D eigenvalue weighted by molar-refractivity contribution is 4.85. The summed E-state index contributed by atoms with van der Waals surface area (Å²) in [6, 6.07) is 0.327. The van der Waals surface area contributed by atoms with Gasteiger partial charge in [-0.25, -0.2) is 0 Å². The minimum absolute atomic E-state index is 0.327. The van der Waals surface area contributed by atoms with Crippen molar-refractivity contribution in [2.45, 2.75) is 46.1 Å². The van der Waals surface area contributed by atoms with Crippen molar-refractivity contribution in [1.82, 2.24) is 0 Å². The van der Waals surface area contributed by atoms with Gasteiger partial charge in [-0.1, -0.05) is 39.3 Å². The molecule has 0 aromatic carbocycles. The van der Waals surface area contributed by atoms with Gasteiger partial charge in [0.2, 0.25) is 0 Å². The molecule has 0 radical (unpaired) electrons. The van der Waals surface area contributed by atoms with E-state index < -0.39 is 0 Å². The van der Waals surface area contributed by atoms with Gasteiger partial charge in [-0.3, -0.25) is 0 Å². The van der Waals surface area contributed by atoms with Crippen molar-refractivity contribution >= 4 is 0 Å². The standard InChI is InChI=1S/C8H18N2.C2H6/c1-2-5-8(10)6-3-4-7-9;1-2/h3-4,8H,2,5-7,9-10H2,1H3;1-2H3/b4-3+;. The predicted octanol–water partition coefficient (Wildman–Crippen LogP) is 2.04. The van der Waals surface area contributed by atoms with Crippen LogP contribution < -0.4 is 11.5 Å². The molecule has 0 aliphatic heterocycles. The molecule has 0 saturated heterocycles. The van der Waals surface area contributed by atoms with Crippen LogP contribution in [0.4, 0.5) is 0 Å². The van der Waals surface area contributed by atoms with E-state index in [0.717, 1.165) is 19.3 Å². The van der Waals surface area contributed by atoms with E-state index in [0.29, 0.717) is 12.6 Å². The van der Waals surface area contributed by atoms with Crippen LogP contribution in [0.1, 0.15) is 40.0 Å². The Balaban J connectivity index is 0. The molecule has 0 aliphatic rings. The Hall–Kier alpha value is -0.340. The summed E-state index contributed by atoms with van der Waals surface area (Å²) in [6.45, 7) is 6.77. The molecule has 0 saturated carbocycles. The minimum atomic E-state index is 0.327. The summed E-state index contributed by atoms with van der Waals surface area (Å²) in [5, 5.41) is 0. The van der Waals surface area contributed by atoms with E-state index in [4.69, 9.17) is 11.5 Å². The zero-order valence-corrected chi connectivity index (χ0v) is 8.72. The lowest BCUT2D eigenvalue weighted by Gasteiger charge is -2.04. The molecule has 0 amide bonds. The fourth-order valence-corrected chi connectivity index (χ4v) is 0.856. The Morgan fingerprint density at radius 2 is 1.83 bits per heavy atom. The van der Waals surface area contributed by atoms with Crippen LogP contribution in [0.2, 0.25) is 0 Å². The summed E-state index contributed by atoms with van der Waals surface area (Å²) in [5.74, 6) is 0. The summed E-state index contributed by atoms with van der Waals surface area (Å²) >= 11 is 0. The fourth-order valence-electron chi connectivity index (χ4n) is 0.856. The van der Waals surface area contributed by atoms with Crippen LogP contribution in [0, 0.1) is 0 Å². The first kappa shape index (κ1) is 14.2. The lowest BCUT2D eigenvalue weighted by molar-refractivity contribution is 0.610. The first-order valence-electron chi connectivity index (χ1n) is 4.92. The number of rotatable bonds is 5. The van der Waals surface area contributed by atoms with Gasteiger partial charge in [-0.2, -0.15) is 0 Å². The molecule has 0 bridgehead atoms. The SMILES string of the molecule is CC.CCCC(N)C/C=C/CN. The monoisotopic (exact) mass is 172 g/mol. The summed E-state index contributed by atoms with van der Waals surface area (Å²) in [6.07, 6.45) is 7.24. The molecule has 74 valence electrons. The van der Waals surface area contributed by atoms with Gasteiger partial charge in [0.25, 0.3) is 0 Å². The molecule has 0 heterocycles. The first-order valence-corrected chi connectivity index (χ1v) is 4.92. The van der Waals surface area contributed by atoms with Gasteiger partial charge in [-0.05, 0) is 12.8 Å². The van der Waals surface area contributed by atoms with Crippen LogP contribution in [0.5, 0.6) is 0 Å². The van der Waals surface area contributed by atoms with E-state index in [1.54, 1.807) is 0 Å². The van der Waals surface area contributed by atoms with E-state index in [1.165, 1.54) is 0 Å². The Bertz CT molecular complexity index is 89.8. The Morgan fingerprint density at radius 3 is 2.25 bits per heavy atom.